The first-order valence-electron chi connectivity index (χ1n) is 11.3. The van der Waals surface area contributed by atoms with Crippen LogP contribution in [0.15, 0.2) is 60.7 Å². The minimum absolute atomic E-state index is 0.136. The number of likely N-dealkylation sites (tertiary alicyclic amines) is 1. The molecule has 1 aliphatic rings. The lowest BCUT2D eigenvalue weighted by atomic mass is 10.0. The van der Waals surface area contributed by atoms with Gasteiger partial charge in [0, 0.05) is 12.1 Å². The second-order valence-electron chi connectivity index (χ2n) is 8.51. The summed E-state index contributed by atoms with van der Waals surface area (Å²) in [4.78, 5) is 20.6. The van der Waals surface area contributed by atoms with Crippen molar-refractivity contribution >= 4 is 16.9 Å². The van der Waals surface area contributed by atoms with E-state index in [2.05, 4.69) is 37.5 Å². The quantitative estimate of drug-likeness (QED) is 0.417. The molecule has 0 aliphatic carbocycles. The van der Waals surface area contributed by atoms with Gasteiger partial charge in [0.1, 0.15) is 5.75 Å². The Morgan fingerprint density at radius 3 is 2.58 bits per heavy atom. The van der Waals surface area contributed by atoms with E-state index in [-0.39, 0.29) is 17.7 Å². The molecule has 0 saturated carbocycles. The van der Waals surface area contributed by atoms with E-state index in [1.165, 1.54) is 18.4 Å². The van der Waals surface area contributed by atoms with Gasteiger partial charge in [-0.3, -0.25) is 14.8 Å². The second kappa shape index (κ2) is 9.03. The molecule has 1 aliphatic heterocycles. The number of aromatic amines is 1. The van der Waals surface area contributed by atoms with Crippen LogP contribution in [0.1, 0.15) is 40.5 Å². The number of fused-ring (bicyclic) bond motifs is 1. The number of aromatic hydroxyl groups is 1. The predicted octanol–water partition coefficient (Wildman–Crippen LogP) is 4.21. The van der Waals surface area contributed by atoms with Gasteiger partial charge in [-0.15, -0.1) is 0 Å². The van der Waals surface area contributed by atoms with Gasteiger partial charge in [-0.25, -0.2) is 4.98 Å². The van der Waals surface area contributed by atoms with Gasteiger partial charge in [0.15, 0.2) is 5.65 Å². The van der Waals surface area contributed by atoms with Gasteiger partial charge in [0.25, 0.3) is 5.91 Å². The van der Waals surface area contributed by atoms with Crippen LogP contribution in [-0.4, -0.2) is 50.7 Å². The third-order valence-corrected chi connectivity index (χ3v) is 6.34. The summed E-state index contributed by atoms with van der Waals surface area (Å²) in [5, 5.41) is 20.8. The zero-order valence-electron chi connectivity index (χ0n) is 18.6. The van der Waals surface area contributed by atoms with E-state index in [1.807, 2.05) is 25.1 Å². The minimum Gasteiger partial charge on any atom is -0.508 e. The third-order valence-electron chi connectivity index (χ3n) is 6.34. The molecule has 0 bridgehead atoms. The first-order chi connectivity index (χ1) is 16.1. The zero-order chi connectivity index (χ0) is 22.8. The summed E-state index contributed by atoms with van der Waals surface area (Å²) >= 11 is 0. The number of rotatable bonds is 6. The number of carbonyl (C=O) groups is 1. The number of nitrogens with zero attached hydrogens (tertiary/aromatic N) is 3. The van der Waals surface area contributed by atoms with Crippen LogP contribution in [0, 0.1) is 6.92 Å². The van der Waals surface area contributed by atoms with Crippen molar-refractivity contribution in [2.45, 2.75) is 25.8 Å². The largest absolute Gasteiger partial charge is 0.508 e. The maximum Gasteiger partial charge on any atom is 0.252 e. The molecule has 1 unspecified atom stereocenters. The number of hydrogen-bond acceptors (Lipinski definition) is 5. The number of hydrogen-bond donors (Lipinski definition) is 3. The maximum absolute atomic E-state index is 13.5. The first kappa shape index (κ1) is 21.2. The molecular weight excluding hydrogens is 414 g/mol. The van der Waals surface area contributed by atoms with Crippen LogP contribution in [-0.2, 0) is 0 Å². The van der Waals surface area contributed by atoms with Crippen LogP contribution in [0.3, 0.4) is 0 Å². The topological polar surface area (TPSA) is 94.1 Å². The molecule has 2 aromatic carbocycles. The fourth-order valence-electron chi connectivity index (χ4n) is 4.61. The Kier molecular flexibility index (Phi) is 5.79. The van der Waals surface area contributed by atoms with Gasteiger partial charge in [0.05, 0.1) is 28.4 Å². The van der Waals surface area contributed by atoms with Gasteiger partial charge in [0.2, 0.25) is 0 Å². The lowest BCUT2D eigenvalue weighted by molar-refractivity contribution is 0.0939. The molecule has 1 fully saturated rings. The summed E-state index contributed by atoms with van der Waals surface area (Å²) < 4.78 is 0. The zero-order valence-corrected chi connectivity index (χ0v) is 18.6. The normalized spacial score (nSPS) is 15.1. The SMILES string of the molecule is Cc1n[nH]c2nc(-c3ccc(O)cc3)cc(C(=O)NCC(c3ccccc3)N3CCCC3)c12. The van der Waals surface area contributed by atoms with Crippen LogP contribution in [0.5, 0.6) is 5.75 Å². The molecule has 7 heteroatoms. The standard InChI is InChI=1S/C26H27N5O2/c1-17-24-21(15-22(28-25(24)30-29-17)18-9-11-20(32)12-10-18)26(33)27-16-23(31-13-5-6-14-31)19-7-3-2-4-8-19/h2-4,7-12,15,23,32H,5-6,13-14,16H2,1H3,(H,27,33)(H,28,29,30). The number of carbonyl (C=O) groups excluding carboxylic acids is 1. The molecule has 0 spiro atoms. The van der Waals surface area contributed by atoms with Crippen LogP contribution < -0.4 is 5.32 Å². The lowest BCUT2D eigenvalue weighted by Gasteiger charge is -2.28. The minimum atomic E-state index is -0.146. The van der Waals surface area contributed by atoms with Crippen molar-refractivity contribution in [1.82, 2.24) is 25.4 Å². The summed E-state index contributed by atoms with van der Waals surface area (Å²) in [5.41, 5.74) is 4.53. The first-order valence-corrected chi connectivity index (χ1v) is 11.3. The van der Waals surface area contributed by atoms with Gasteiger partial charge in [-0.1, -0.05) is 30.3 Å². The second-order valence-corrected chi connectivity index (χ2v) is 8.51. The number of amides is 1. The summed E-state index contributed by atoms with van der Waals surface area (Å²) in [6, 6.07) is 19.1. The lowest BCUT2D eigenvalue weighted by Crippen LogP contribution is -2.36. The highest BCUT2D eigenvalue weighted by Gasteiger charge is 2.25. The van der Waals surface area contributed by atoms with Crippen LogP contribution in [0.2, 0.25) is 0 Å². The summed E-state index contributed by atoms with van der Waals surface area (Å²) in [5.74, 6) is 0.0381. The van der Waals surface area contributed by atoms with Crippen LogP contribution >= 0.6 is 0 Å². The van der Waals surface area contributed by atoms with Crippen molar-refractivity contribution in [2.75, 3.05) is 19.6 Å². The molecule has 2 aromatic heterocycles. The average Bonchev–Trinajstić information content (AvgIpc) is 3.50. The highest BCUT2D eigenvalue weighted by Crippen LogP contribution is 2.28. The molecule has 3 heterocycles. The number of nitrogens with one attached hydrogen (secondary N) is 2. The number of phenols is 1. The van der Waals surface area contributed by atoms with Gasteiger partial charge >= 0.3 is 0 Å². The molecule has 1 amide bonds. The molecule has 7 nitrogen and oxygen atoms in total. The van der Waals surface area contributed by atoms with E-state index in [0.717, 1.165) is 29.7 Å². The molecule has 3 N–H and O–H groups in total. The highest BCUT2D eigenvalue weighted by molar-refractivity contribution is 6.07. The van der Waals surface area contributed by atoms with Crippen molar-refractivity contribution in [2.24, 2.45) is 0 Å². The van der Waals surface area contributed by atoms with Gasteiger partial charge in [-0.2, -0.15) is 5.10 Å². The molecule has 33 heavy (non-hydrogen) atoms. The molecule has 168 valence electrons. The molecular formula is C26H27N5O2. The van der Waals surface area contributed by atoms with Crippen molar-refractivity contribution < 1.29 is 9.90 Å². The van der Waals surface area contributed by atoms with Crippen molar-refractivity contribution in [3.63, 3.8) is 0 Å². The molecule has 1 atom stereocenters. The Morgan fingerprint density at radius 1 is 1.12 bits per heavy atom. The van der Waals surface area contributed by atoms with Crippen molar-refractivity contribution in [1.29, 1.82) is 0 Å². The van der Waals surface area contributed by atoms with E-state index in [9.17, 15) is 9.90 Å². The monoisotopic (exact) mass is 441 g/mol. The summed E-state index contributed by atoms with van der Waals surface area (Å²) in [6.07, 6.45) is 2.37. The van der Waals surface area contributed by atoms with Crippen molar-refractivity contribution in [3.8, 4) is 17.0 Å². The fraction of sp³-hybridized carbons (Fsp3) is 0.269. The Hall–Kier alpha value is -3.71. The van der Waals surface area contributed by atoms with Crippen LogP contribution in [0.4, 0.5) is 0 Å². The van der Waals surface area contributed by atoms with Crippen molar-refractivity contribution in [3.05, 3.63) is 77.5 Å². The molecule has 1 saturated heterocycles. The number of H-pyrrole nitrogens is 1. The van der Waals surface area contributed by atoms with E-state index in [1.54, 1.807) is 30.3 Å². The van der Waals surface area contributed by atoms with Gasteiger partial charge < -0.3 is 10.4 Å². The summed E-state index contributed by atoms with van der Waals surface area (Å²) in [6.45, 7) is 4.48. The van der Waals surface area contributed by atoms with E-state index >= 15 is 0 Å². The highest BCUT2D eigenvalue weighted by atomic mass is 16.3. The number of aromatic nitrogens is 3. The number of benzene rings is 2. The van der Waals surface area contributed by atoms with E-state index in [4.69, 9.17) is 0 Å². The third kappa shape index (κ3) is 4.32. The predicted molar refractivity (Wildman–Crippen MR) is 128 cm³/mol. The molecule has 4 aromatic rings. The average molecular weight is 442 g/mol. The Bertz CT molecular complexity index is 1260. The Morgan fingerprint density at radius 2 is 1.85 bits per heavy atom. The number of aryl methyl sites for hydroxylation is 1. The Labute approximate surface area is 192 Å². The van der Waals surface area contributed by atoms with E-state index in [0.29, 0.717) is 23.4 Å². The molecule has 0 radical (unpaired) electrons. The Balaban J connectivity index is 1.46. The summed E-state index contributed by atoms with van der Waals surface area (Å²) in [7, 11) is 0. The fourth-order valence-corrected chi connectivity index (χ4v) is 4.61. The van der Waals surface area contributed by atoms with E-state index < -0.39 is 0 Å². The molecule has 5 rings (SSSR count). The maximum atomic E-state index is 13.5. The van der Waals surface area contributed by atoms with Crippen LogP contribution in [0.25, 0.3) is 22.3 Å². The number of phenolic OH excluding ortho intramolecular Hbond substituents is 1. The van der Waals surface area contributed by atoms with Gasteiger partial charge in [-0.05, 0) is 68.8 Å². The smallest absolute Gasteiger partial charge is 0.252 e. The number of pyridine rings is 1.